The Balaban J connectivity index is 1.70. The average molecular weight is 239 g/mol. The van der Waals surface area contributed by atoms with Gasteiger partial charge in [0.1, 0.15) is 0 Å². The van der Waals surface area contributed by atoms with Crippen LogP contribution in [0.5, 0.6) is 0 Å². The van der Waals surface area contributed by atoms with Crippen molar-refractivity contribution in [2.75, 3.05) is 19.7 Å². The normalized spacial score (nSPS) is 36.2. The summed E-state index contributed by atoms with van der Waals surface area (Å²) in [6.45, 7) is 2.81. The standard InChI is InChI=1S/C14H25NO2/c16-14(6-8-15-9-7-14)12-3-10-17-13(11-12)4-1-2-5-13/h12,15-16H,1-11H2. The maximum atomic E-state index is 10.8. The van der Waals surface area contributed by atoms with E-state index in [-0.39, 0.29) is 5.60 Å². The van der Waals surface area contributed by atoms with Crippen molar-refractivity contribution in [3.05, 3.63) is 0 Å². The molecule has 0 aromatic rings. The maximum Gasteiger partial charge on any atom is 0.0701 e. The topological polar surface area (TPSA) is 41.5 Å². The van der Waals surface area contributed by atoms with E-state index in [1.165, 1.54) is 25.7 Å². The van der Waals surface area contributed by atoms with E-state index in [9.17, 15) is 5.11 Å². The van der Waals surface area contributed by atoms with Crippen LogP contribution in [0.1, 0.15) is 51.4 Å². The molecule has 1 atom stereocenters. The Morgan fingerprint density at radius 3 is 2.47 bits per heavy atom. The number of rotatable bonds is 1. The number of hydrogen-bond donors (Lipinski definition) is 2. The van der Waals surface area contributed by atoms with Crippen LogP contribution in [0.2, 0.25) is 0 Å². The molecule has 0 aromatic carbocycles. The molecule has 1 aliphatic carbocycles. The summed E-state index contributed by atoms with van der Waals surface area (Å²) in [5.74, 6) is 0.469. The Morgan fingerprint density at radius 2 is 1.76 bits per heavy atom. The van der Waals surface area contributed by atoms with Crippen molar-refractivity contribution in [3.63, 3.8) is 0 Å². The fraction of sp³-hybridized carbons (Fsp3) is 1.00. The maximum absolute atomic E-state index is 10.8. The summed E-state index contributed by atoms with van der Waals surface area (Å²) >= 11 is 0. The van der Waals surface area contributed by atoms with Crippen LogP contribution >= 0.6 is 0 Å². The monoisotopic (exact) mass is 239 g/mol. The lowest BCUT2D eigenvalue weighted by Gasteiger charge is -2.47. The van der Waals surface area contributed by atoms with E-state index in [4.69, 9.17) is 4.74 Å². The third-order valence-corrected chi connectivity index (χ3v) is 5.24. The van der Waals surface area contributed by atoms with Crippen LogP contribution in [0, 0.1) is 5.92 Å². The minimum atomic E-state index is -0.412. The Morgan fingerprint density at radius 1 is 1.06 bits per heavy atom. The lowest BCUT2D eigenvalue weighted by Crippen LogP contribution is -2.52. The molecule has 1 saturated carbocycles. The van der Waals surface area contributed by atoms with Gasteiger partial charge in [-0.1, -0.05) is 12.8 Å². The third kappa shape index (κ3) is 2.25. The van der Waals surface area contributed by atoms with Gasteiger partial charge in [0.15, 0.2) is 0 Å². The number of hydrogen-bond acceptors (Lipinski definition) is 3. The smallest absolute Gasteiger partial charge is 0.0701 e. The zero-order valence-electron chi connectivity index (χ0n) is 10.7. The summed E-state index contributed by atoms with van der Waals surface area (Å²) in [7, 11) is 0. The van der Waals surface area contributed by atoms with Crippen LogP contribution in [0.4, 0.5) is 0 Å². The van der Waals surface area contributed by atoms with Gasteiger partial charge in [-0.2, -0.15) is 0 Å². The molecule has 17 heavy (non-hydrogen) atoms. The molecule has 98 valence electrons. The zero-order valence-corrected chi connectivity index (χ0v) is 10.7. The Bertz CT molecular complexity index is 267. The molecule has 3 rings (SSSR count). The molecule has 1 unspecified atom stereocenters. The van der Waals surface area contributed by atoms with Gasteiger partial charge in [-0.3, -0.25) is 0 Å². The predicted octanol–water partition coefficient (Wildman–Crippen LogP) is 1.84. The van der Waals surface area contributed by atoms with E-state index < -0.39 is 5.60 Å². The lowest BCUT2D eigenvalue weighted by molar-refractivity contribution is -0.147. The largest absolute Gasteiger partial charge is 0.389 e. The Kier molecular flexibility index (Phi) is 3.18. The first-order valence-corrected chi connectivity index (χ1v) is 7.30. The van der Waals surface area contributed by atoms with Crippen molar-refractivity contribution in [2.24, 2.45) is 5.92 Å². The minimum absolute atomic E-state index is 0.142. The molecule has 3 nitrogen and oxygen atoms in total. The summed E-state index contributed by atoms with van der Waals surface area (Å²) < 4.78 is 6.07. The molecule has 2 N–H and O–H groups in total. The van der Waals surface area contributed by atoms with Gasteiger partial charge in [0.2, 0.25) is 0 Å². The highest BCUT2D eigenvalue weighted by atomic mass is 16.5. The molecule has 0 radical (unpaired) electrons. The first-order valence-electron chi connectivity index (χ1n) is 7.30. The van der Waals surface area contributed by atoms with Gasteiger partial charge in [-0.15, -0.1) is 0 Å². The summed E-state index contributed by atoms with van der Waals surface area (Å²) in [6.07, 6.45) is 9.07. The molecule has 2 heterocycles. The molecule has 3 fully saturated rings. The van der Waals surface area contributed by atoms with E-state index in [0.29, 0.717) is 5.92 Å². The van der Waals surface area contributed by atoms with Gasteiger partial charge in [0, 0.05) is 6.61 Å². The summed E-state index contributed by atoms with van der Waals surface area (Å²) in [5.41, 5.74) is -0.270. The summed E-state index contributed by atoms with van der Waals surface area (Å²) in [4.78, 5) is 0. The molecular formula is C14H25NO2. The lowest BCUT2D eigenvalue weighted by atomic mass is 9.71. The first-order chi connectivity index (χ1) is 8.23. The van der Waals surface area contributed by atoms with Crippen molar-refractivity contribution < 1.29 is 9.84 Å². The average Bonchev–Trinajstić information content (AvgIpc) is 2.78. The highest BCUT2D eigenvalue weighted by Gasteiger charge is 2.47. The molecule has 0 bridgehead atoms. The van der Waals surface area contributed by atoms with Gasteiger partial charge < -0.3 is 15.2 Å². The molecule has 2 saturated heterocycles. The van der Waals surface area contributed by atoms with Gasteiger partial charge in [0.25, 0.3) is 0 Å². The van der Waals surface area contributed by atoms with Crippen molar-refractivity contribution in [1.29, 1.82) is 0 Å². The second-order valence-electron chi connectivity index (χ2n) is 6.28. The van der Waals surface area contributed by atoms with Gasteiger partial charge >= 0.3 is 0 Å². The SMILES string of the molecule is OC1(C2CCOC3(CCCC3)C2)CCNCC1. The third-order valence-electron chi connectivity index (χ3n) is 5.24. The van der Waals surface area contributed by atoms with Crippen molar-refractivity contribution >= 4 is 0 Å². The van der Waals surface area contributed by atoms with Gasteiger partial charge in [-0.05, 0) is 57.5 Å². The van der Waals surface area contributed by atoms with E-state index >= 15 is 0 Å². The molecule has 0 aromatic heterocycles. The fourth-order valence-electron chi connectivity index (χ4n) is 4.12. The van der Waals surface area contributed by atoms with Crippen LogP contribution < -0.4 is 5.32 Å². The Hall–Kier alpha value is -0.120. The van der Waals surface area contributed by atoms with Gasteiger partial charge in [-0.25, -0.2) is 0 Å². The first kappa shape index (κ1) is 11.9. The van der Waals surface area contributed by atoms with Crippen LogP contribution in [-0.4, -0.2) is 36.0 Å². The van der Waals surface area contributed by atoms with Crippen LogP contribution in [0.3, 0.4) is 0 Å². The van der Waals surface area contributed by atoms with E-state index in [2.05, 4.69) is 5.32 Å². The molecule has 0 amide bonds. The number of aliphatic hydroxyl groups is 1. The molecule has 3 aliphatic rings. The second-order valence-corrected chi connectivity index (χ2v) is 6.28. The van der Waals surface area contributed by atoms with E-state index in [1.807, 2.05) is 0 Å². The molecule has 1 spiro atoms. The molecular weight excluding hydrogens is 214 g/mol. The summed E-state index contributed by atoms with van der Waals surface area (Å²) in [6, 6.07) is 0. The second kappa shape index (κ2) is 4.52. The van der Waals surface area contributed by atoms with E-state index in [1.54, 1.807) is 0 Å². The predicted molar refractivity (Wildman–Crippen MR) is 66.9 cm³/mol. The fourth-order valence-corrected chi connectivity index (χ4v) is 4.12. The highest BCUT2D eigenvalue weighted by Crippen LogP contribution is 2.46. The molecule has 2 aliphatic heterocycles. The number of nitrogens with one attached hydrogen (secondary N) is 1. The Labute approximate surface area is 104 Å². The van der Waals surface area contributed by atoms with Crippen molar-refractivity contribution in [3.8, 4) is 0 Å². The number of piperidine rings is 1. The quantitative estimate of drug-likeness (QED) is 0.733. The van der Waals surface area contributed by atoms with Crippen LogP contribution in [-0.2, 0) is 4.74 Å². The molecule has 3 heteroatoms. The highest BCUT2D eigenvalue weighted by molar-refractivity contribution is 4.99. The van der Waals surface area contributed by atoms with Crippen LogP contribution in [0.15, 0.2) is 0 Å². The van der Waals surface area contributed by atoms with E-state index in [0.717, 1.165) is 45.4 Å². The number of ether oxygens (including phenoxy) is 1. The minimum Gasteiger partial charge on any atom is -0.389 e. The van der Waals surface area contributed by atoms with Gasteiger partial charge in [0.05, 0.1) is 11.2 Å². The van der Waals surface area contributed by atoms with Crippen molar-refractivity contribution in [1.82, 2.24) is 5.32 Å². The van der Waals surface area contributed by atoms with Crippen LogP contribution in [0.25, 0.3) is 0 Å². The summed E-state index contributed by atoms with van der Waals surface area (Å²) in [5, 5.41) is 14.2. The zero-order chi connectivity index (χ0) is 11.8. The van der Waals surface area contributed by atoms with Crippen molar-refractivity contribution in [2.45, 2.75) is 62.6 Å².